The normalized spacial score (nSPS) is 19.3. The summed E-state index contributed by atoms with van der Waals surface area (Å²) in [5, 5.41) is 0.276. The zero-order valence-corrected chi connectivity index (χ0v) is 14.5. The molecule has 0 saturated carbocycles. The molecule has 23 heavy (non-hydrogen) atoms. The molecule has 122 valence electrons. The lowest BCUT2D eigenvalue weighted by Crippen LogP contribution is -2.41. The topological polar surface area (TPSA) is 53.5 Å². The highest BCUT2D eigenvalue weighted by Crippen LogP contribution is 2.29. The van der Waals surface area contributed by atoms with Gasteiger partial charge < -0.3 is 4.90 Å². The lowest BCUT2D eigenvalue weighted by Gasteiger charge is -2.27. The summed E-state index contributed by atoms with van der Waals surface area (Å²) in [6, 6.07) is 10.7. The van der Waals surface area contributed by atoms with Crippen LogP contribution in [0.3, 0.4) is 0 Å². The molecule has 0 aliphatic carbocycles. The van der Waals surface area contributed by atoms with Crippen molar-refractivity contribution in [2.75, 3.05) is 18.5 Å². The van der Waals surface area contributed by atoms with Gasteiger partial charge in [0.05, 0.1) is 0 Å². The van der Waals surface area contributed by atoms with Gasteiger partial charge >= 0.3 is 0 Å². The number of nitrogens with zero attached hydrogens (tertiary/aromatic N) is 3. The van der Waals surface area contributed by atoms with Crippen LogP contribution in [0.15, 0.2) is 47.5 Å². The third-order valence-electron chi connectivity index (χ3n) is 4.07. The van der Waals surface area contributed by atoms with E-state index in [0.29, 0.717) is 13.1 Å². The minimum Gasteiger partial charge on any atom is -0.373 e. The van der Waals surface area contributed by atoms with Crippen LogP contribution in [-0.2, 0) is 16.6 Å². The molecule has 0 saturated heterocycles. The van der Waals surface area contributed by atoms with Crippen molar-refractivity contribution in [2.24, 2.45) is 0 Å². The molecule has 1 aromatic carbocycles. The van der Waals surface area contributed by atoms with Crippen LogP contribution in [0, 0.1) is 0 Å². The predicted molar refractivity (Wildman–Crippen MR) is 91.1 cm³/mol. The Kier molecular flexibility index (Phi) is 4.31. The van der Waals surface area contributed by atoms with Crippen molar-refractivity contribution in [1.82, 2.24) is 9.29 Å². The summed E-state index contributed by atoms with van der Waals surface area (Å²) in [5.41, 5.74) is 2.05. The SMILES string of the molecule is CC1CN(C)c2ccccc2CN1S(=O)(=O)c1ccc(Cl)nc1. The molecule has 0 fully saturated rings. The van der Waals surface area contributed by atoms with Gasteiger partial charge in [0.15, 0.2) is 0 Å². The molecule has 0 radical (unpaired) electrons. The molecule has 2 aromatic rings. The molecule has 1 aliphatic rings. The second-order valence-electron chi connectivity index (χ2n) is 5.73. The maximum atomic E-state index is 13.0. The molecular formula is C16H18ClN3O2S. The monoisotopic (exact) mass is 351 g/mol. The molecule has 3 rings (SSSR count). The number of anilines is 1. The van der Waals surface area contributed by atoms with Crippen molar-refractivity contribution in [3.8, 4) is 0 Å². The summed E-state index contributed by atoms with van der Waals surface area (Å²) in [6.45, 7) is 2.88. The average Bonchev–Trinajstić information content (AvgIpc) is 2.65. The van der Waals surface area contributed by atoms with E-state index < -0.39 is 10.0 Å². The molecule has 0 bridgehead atoms. The Labute approximate surface area is 141 Å². The van der Waals surface area contributed by atoms with Crippen LogP contribution in [0.25, 0.3) is 0 Å². The van der Waals surface area contributed by atoms with Crippen LogP contribution in [-0.4, -0.2) is 37.3 Å². The molecule has 0 spiro atoms. The third kappa shape index (κ3) is 3.06. The van der Waals surface area contributed by atoms with E-state index in [-0.39, 0.29) is 16.1 Å². The molecule has 1 unspecified atom stereocenters. The van der Waals surface area contributed by atoms with Gasteiger partial charge in [-0.1, -0.05) is 29.8 Å². The van der Waals surface area contributed by atoms with Crippen LogP contribution in [0.2, 0.25) is 5.15 Å². The average molecular weight is 352 g/mol. The minimum atomic E-state index is -3.63. The number of rotatable bonds is 2. The van der Waals surface area contributed by atoms with Crippen molar-refractivity contribution >= 4 is 27.3 Å². The van der Waals surface area contributed by atoms with Crippen LogP contribution < -0.4 is 4.90 Å². The molecule has 1 atom stereocenters. The minimum absolute atomic E-state index is 0.159. The smallest absolute Gasteiger partial charge is 0.245 e. The van der Waals surface area contributed by atoms with Gasteiger partial charge in [0.1, 0.15) is 10.0 Å². The summed E-state index contributed by atoms with van der Waals surface area (Å²) in [6.07, 6.45) is 1.31. The number of hydrogen-bond acceptors (Lipinski definition) is 4. The molecule has 0 N–H and O–H groups in total. The van der Waals surface area contributed by atoms with E-state index >= 15 is 0 Å². The number of fused-ring (bicyclic) bond motifs is 1. The number of halogens is 1. The fourth-order valence-corrected chi connectivity index (χ4v) is 4.56. The maximum absolute atomic E-state index is 13.0. The van der Waals surface area contributed by atoms with Gasteiger partial charge in [-0.15, -0.1) is 0 Å². The fourth-order valence-electron chi connectivity index (χ4n) is 2.90. The Balaban J connectivity index is 2.03. The van der Waals surface area contributed by atoms with Crippen molar-refractivity contribution < 1.29 is 8.42 Å². The van der Waals surface area contributed by atoms with E-state index in [4.69, 9.17) is 11.6 Å². The Hall–Kier alpha value is -1.63. The number of pyridine rings is 1. The molecule has 5 nitrogen and oxygen atoms in total. The first-order valence-electron chi connectivity index (χ1n) is 7.32. The number of hydrogen-bond donors (Lipinski definition) is 0. The number of para-hydroxylation sites is 1. The Morgan fingerprint density at radius 2 is 1.96 bits per heavy atom. The van der Waals surface area contributed by atoms with E-state index in [1.54, 1.807) is 0 Å². The molecule has 1 aromatic heterocycles. The number of likely N-dealkylation sites (N-methyl/N-ethyl adjacent to an activating group) is 1. The molecule has 1 aliphatic heterocycles. The molecule has 0 amide bonds. The van der Waals surface area contributed by atoms with Gasteiger partial charge in [-0.2, -0.15) is 4.31 Å². The first-order valence-corrected chi connectivity index (χ1v) is 9.14. The Morgan fingerprint density at radius 1 is 1.22 bits per heavy atom. The summed E-state index contributed by atoms with van der Waals surface area (Å²) in [5.74, 6) is 0. The summed E-state index contributed by atoms with van der Waals surface area (Å²) < 4.78 is 27.5. The van der Waals surface area contributed by atoms with Crippen molar-refractivity contribution in [3.05, 3.63) is 53.3 Å². The summed E-state index contributed by atoms with van der Waals surface area (Å²) in [7, 11) is -1.65. The summed E-state index contributed by atoms with van der Waals surface area (Å²) in [4.78, 5) is 6.15. The fraction of sp³-hybridized carbons (Fsp3) is 0.312. The molecular weight excluding hydrogens is 334 g/mol. The zero-order valence-electron chi connectivity index (χ0n) is 13.0. The number of sulfonamides is 1. The van der Waals surface area contributed by atoms with Crippen LogP contribution in [0.1, 0.15) is 12.5 Å². The lowest BCUT2D eigenvalue weighted by atomic mass is 10.1. The number of benzene rings is 1. The standard InChI is InChI=1S/C16H18ClN3O2S/c1-12-10-19(2)15-6-4-3-5-13(15)11-20(12)23(21,22)14-7-8-16(17)18-9-14/h3-9,12H,10-11H2,1-2H3. The quantitative estimate of drug-likeness (QED) is 0.781. The van der Waals surface area contributed by atoms with Gasteiger partial charge in [0.2, 0.25) is 10.0 Å². The van der Waals surface area contributed by atoms with Crippen LogP contribution >= 0.6 is 11.6 Å². The second-order valence-corrected chi connectivity index (χ2v) is 8.00. The van der Waals surface area contributed by atoms with Crippen molar-refractivity contribution in [1.29, 1.82) is 0 Å². The molecule has 7 heteroatoms. The van der Waals surface area contributed by atoms with Gasteiger partial charge in [0.25, 0.3) is 0 Å². The highest BCUT2D eigenvalue weighted by Gasteiger charge is 2.33. The highest BCUT2D eigenvalue weighted by atomic mass is 35.5. The predicted octanol–water partition coefficient (Wildman–Crippen LogP) is 2.76. The van der Waals surface area contributed by atoms with Crippen LogP contribution in [0.5, 0.6) is 0 Å². The Morgan fingerprint density at radius 3 is 2.65 bits per heavy atom. The van der Waals surface area contributed by atoms with E-state index in [2.05, 4.69) is 9.88 Å². The summed E-state index contributed by atoms with van der Waals surface area (Å²) >= 11 is 5.76. The first-order chi connectivity index (χ1) is 10.9. The third-order valence-corrected chi connectivity index (χ3v) is 6.23. The van der Waals surface area contributed by atoms with E-state index in [9.17, 15) is 8.42 Å². The second kappa shape index (κ2) is 6.11. The van der Waals surface area contributed by atoms with Gasteiger partial charge in [0, 0.05) is 38.1 Å². The highest BCUT2D eigenvalue weighted by molar-refractivity contribution is 7.89. The van der Waals surface area contributed by atoms with E-state index in [0.717, 1.165) is 11.3 Å². The lowest BCUT2D eigenvalue weighted by molar-refractivity contribution is 0.340. The largest absolute Gasteiger partial charge is 0.373 e. The van der Waals surface area contributed by atoms with E-state index in [1.165, 1.54) is 22.6 Å². The van der Waals surface area contributed by atoms with Gasteiger partial charge in [-0.25, -0.2) is 13.4 Å². The van der Waals surface area contributed by atoms with E-state index in [1.807, 2.05) is 38.2 Å². The van der Waals surface area contributed by atoms with Gasteiger partial charge in [-0.3, -0.25) is 0 Å². The van der Waals surface area contributed by atoms with Crippen LogP contribution in [0.4, 0.5) is 5.69 Å². The van der Waals surface area contributed by atoms with Gasteiger partial charge in [-0.05, 0) is 30.7 Å². The first kappa shape index (κ1) is 16.2. The number of aromatic nitrogens is 1. The maximum Gasteiger partial charge on any atom is 0.245 e. The Bertz CT molecular complexity index is 808. The van der Waals surface area contributed by atoms with Crippen molar-refractivity contribution in [2.45, 2.75) is 24.4 Å². The van der Waals surface area contributed by atoms with Crippen molar-refractivity contribution in [3.63, 3.8) is 0 Å². The molecule has 2 heterocycles. The zero-order chi connectivity index (χ0) is 16.6.